The van der Waals surface area contributed by atoms with E-state index in [1.807, 2.05) is 20.8 Å². The minimum atomic E-state index is -0.413. The lowest BCUT2D eigenvalue weighted by molar-refractivity contribution is 0.102. The second-order valence-corrected chi connectivity index (χ2v) is 6.41. The zero-order chi connectivity index (χ0) is 21.5. The third-order valence-electron chi connectivity index (χ3n) is 3.89. The first-order chi connectivity index (χ1) is 14.5. The first kappa shape index (κ1) is 21.4. The molecule has 0 spiro atoms. The first-order valence-electron chi connectivity index (χ1n) is 9.52. The molecule has 0 saturated carbocycles. The smallest absolute Gasteiger partial charge is 0.322 e. The fourth-order valence-corrected chi connectivity index (χ4v) is 2.89. The number of nitrogens with zero attached hydrogens (tertiary/aromatic N) is 2. The van der Waals surface area contributed by atoms with Crippen molar-refractivity contribution >= 4 is 23.5 Å². The maximum atomic E-state index is 12.4. The van der Waals surface area contributed by atoms with Crippen LogP contribution < -0.4 is 19.5 Å². The molecule has 158 valence electrons. The lowest BCUT2D eigenvalue weighted by Crippen LogP contribution is -2.11. The van der Waals surface area contributed by atoms with Gasteiger partial charge in [0.05, 0.1) is 19.8 Å². The summed E-state index contributed by atoms with van der Waals surface area (Å²) in [6.45, 7) is 6.98. The molecule has 9 heteroatoms. The summed E-state index contributed by atoms with van der Waals surface area (Å²) in [5.74, 6) is 1.30. The molecule has 0 aliphatic rings. The van der Waals surface area contributed by atoms with E-state index in [1.165, 1.54) is 0 Å². The predicted octanol–water partition coefficient (Wildman–Crippen LogP) is 4.84. The molecule has 30 heavy (non-hydrogen) atoms. The number of nitrogens with one attached hydrogen (secondary N) is 1. The summed E-state index contributed by atoms with van der Waals surface area (Å²) in [6, 6.07) is 9.96. The molecule has 0 atom stereocenters. The Morgan fingerprint density at radius 2 is 1.67 bits per heavy atom. The van der Waals surface area contributed by atoms with Gasteiger partial charge in [0.2, 0.25) is 11.6 Å². The van der Waals surface area contributed by atoms with Crippen LogP contribution in [-0.2, 0) is 0 Å². The van der Waals surface area contributed by atoms with Crippen molar-refractivity contribution in [2.24, 2.45) is 0 Å². The van der Waals surface area contributed by atoms with Gasteiger partial charge in [0.25, 0.3) is 5.91 Å². The normalized spacial score (nSPS) is 10.5. The minimum Gasteiger partial charge on any atom is -0.490 e. The molecule has 1 heterocycles. The Balaban J connectivity index is 1.89. The van der Waals surface area contributed by atoms with Crippen molar-refractivity contribution in [1.82, 2.24) is 10.2 Å². The third-order valence-corrected chi connectivity index (χ3v) is 4.12. The third kappa shape index (κ3) is 5.01. The summed E-state index contributed by atoms with van der Waals surface area (Å²) in [5, 5.41) is 10.9. The van der Waals surface area contributed by atoms with Crippen LogP contribution in [0.5, 0.6) is 17.2 Å². The first-order valence-corrected chi connectivity index (χ1v) is 9.90. The van der Waals surface area contributed by atoms with E-state index in [9.17, 15) is 4.79 Å². The molecule has 2 aromatic carbocycles. The highest BCUT2D eigenvalue weighted by atomic mass is 35.5. The molecule has 1 N–H and O–H groups in total. The molecule has 0 radical (unpaired) electrons. The number of hydrogen-bond acceptors (Lipinski definition) is 7. The molecule has 8 nitrogen and oxygen atoms in total. The Kier molecular flexibility index (Phi) is 7.13. The van der Waals surface area contributed by atoms with Gasteiger partial charge < -0.3 is 18.6 Å². The van der Waals surface area contributed by atoms with Crippen LogP contribution in [0.4, 0.5) is 6.01 Å². The fraction of sp³-hybridized carbons (Fsp3) is 0.286. The molecule has 0 aliphatic carbocycles. The second-order valence-electron chi connectivity index (χ2n) is 5.98. The molecule has 3 aromatic rings. The Morgan fingerprint density at radius 3 is 2.27 bits per heavy atom. The van der Waals surface area contributed by atoms with Gasteiger partial charge in [0.1, 0.15) is 0 Å². The summed E-state index contributed by atoms with van der Waals surface area (Å²) in [5.41, 5.74) is 0.946. The highest BCUT2D eigenvalue weighted by Crippen LogP contribution is 2.41. The monoisotopic (exact) mass is 431 g/mol. The molecule has 0 bridgehead atoms. The lowest BCUT2D eigenvalue weighted by atomic mass is 10.2. The molecular weight excluding hydrogens is 410 g/mol. The fourth-order valence-electron chi connectivity index (χ4n) is 2.70. The van der Waals surface area contributed by atoms with Gasteiger partial charge in [-0.15, -0.1) is 5.10 Å². The largest absolute Gasteiger partial charge is 0.490 e. The van der Waals surface area contributed by atoms with Crippen molar-refractivity contribution in [2.75, 3.05) is 25.1 Å². The van der Waals surface area contributed by atoms with Crippen molar-refractivity contribution in [3.05, 3.63) is 47.0 Å². The number of halogens is 1. The van der Waals surface area contributed by atoms with Gasteiger partial charge in [0, 0.05) is 16.1 Å². The van der Waals surface area contributed by atoms with E-state index in [1.54, 1.807) is 36.4 Å². The average molecular weight is 432 g/mol. The second kappa shape index (κ2) is 9.98. The highest BCUT2D eigenvalue weighted by Gasteiger charge is 2.19. The number of amides is 1. The summed E-state index contributed by atoms with van der Waals surface area (Å²) in [7, 11) is 0. The van der Waals surface area contributed by atoms with Crippen molar-refractivity contribution < 1.29 is 23.4 Å². The number of carbonyl (C=O) groups excluding carboxylic acids is 1. The molecular formula is C21H22ClN3O5. The van der Waals surface area contributed by atoms with E-state index in [0.717, 1.165) is 0 Å². The number of ether oxygens (including phenoxy) is 3. The van der Waals surface area contributed by atoms with Crippen molar-refractivity contribution in [3.63, 3.8) is 0 Å². The van der Waals surface area contributed by atoms with Crippen LogP contribution in [-0.4, -0.2) is 35.9 Å². The molecule has 0 aliphatic heterocycles. The predicted molar refractivity (Wildman–Crippen MR) is 113 cm³/mol. The Labute approximate surface area is 179 Å². The maximum Gasteiger partial charge on any atom is 0.322 e. The van der Waals surface area contributed by atoms with Crippen molar-refractivity contribution in [1.29, 1.82) is 0 Å². The lowest BCUT2D eigenvalue weighted by Gasteiger charge is -2.16. The van der Waals surface area contributed by atoms with Crippen LogP contribution in [0.1, 0.15) is 31.1 Å². The van der Waals surface area contributed by atoms with Gasteiger partial charge in [-0.3, -0.25) is 10.1 Å². The topological polar surface area (TPSA) is 95.7 Å². The van der Waals surface area contributed by atoms with Crippen LogP contribution in [0.15, 0.2) is 40.8 Å². The minimum absolute atomic E-state index is 0.0419. The number of carbonyl (C=O) groups is 1. The molecule has 0 unspecified atom stereocenters. The number of benzene rings is 2. The highest BCUT2D eigenvalue weighted by molar-refractivity contribution is 6.31. The van der Waals surface area contributed by atoms with Crippen molar-refractivity contribution in [3.8, 4) is 28.7 Å². The summed E-state index contributed by atoms with van der Waals surface area (Å²) >= 11 is 5.93. The summed E-state index contributed by atoms with van der Waals surface area (Å²) < 4.78 is 22.7. The molecule has 1 aromatic heterocycles. The van der Waals surface area contributed by atoms with Gasteiger partial charge in [-0.25, -0.2) is 0 Å². The molecule has 0 saturated heterocycles. The summed E-state index contributed by atoms with van der Waals surface area (Å²) in [4.78, 5) is 12.4. The van der Waals surface area contributed by atoms with Gasteiger partial charge in [0.15, 0.2) is 11.5 Å². The Bertz CT molecular complexity index is 994. The van der Waals surface area contributed by atoms with Crippen LogP contribution in [0.25, 0.3) is 11.5 Å². The van der Waals surface area contributed by atoms with E-state index < -0.39 is 5.91 Å². The van der Waals surface area contributed by atoms with Gasteiger partial charge in [-0.05, 0) is 51.1 Å². The van der Waals surface area contributed by atoms with E-state index in [0.29, 0.717) is 53.2 Å². The number of anilines is 1. The molecule has 3 rings (SSSR count). The quantitative estimate of drug-likeness (QED) is 0.517. The molecule has 0 fully saturated rings. The van der Waals surface area contributed by atoms with E-state index in [4.69, 9.17) is 30.2 Å². The van der Waals surface area contributed by atoms with Gasteiger partial charge >= 0.3 is 6.01 Å². The van der Waals surface area contributed by atoms with Crippen molar-refractivity contribution in [2.45, 2.75) is 20.8 Å². The zero-order valence-electron chi connectivity index (χ0n) is 16.9. The maximum absolute atomic E-state index is 12.4. The number of rotatable bonds is 9. The van der Waals surface area contributed by atoms with E-state index in [-0.39, 0.29) is 11.9 Å². The average Bonchev–Trinajstić information content (AvgIpc) is 3.19. The standard InChI is InChI=1S/C21H22ClN3O5/c1-4-27-16-11-14(12-17(28-5-2)18(16)29-6-3)20-24-25-21(30-20)23-19(26)13-8-7-9-15(22)10-13/h7-12H,4-6H2,1-3H3,(H,23,25,26). The zero-order valence-corrected chi connectivity index (χ0v) is 17.7. The van der Waals surface area contributed by atoms with Crippen LogP contribution in [0.3, 0.4) is 0 Å². The summed E-state index contributed by atoms with van der Waals surface area (Å²) in [6.07, 6.45) is 0. The Morgan fingerprint density at radius 1 is 1.00 bits per heavy atom. The van der Waals surface area contributed by atoms with Crippen LogP contribution in [0, 0.1) is 0 Å². The van der Waals surface area contributed by atoms with Gasteiger partial charge in [-0.1, -0.05) is 22.8 Å². The van der Waals surface area contributed by atoms with Crippen LogP contribution >= 0.6 is 11.6 Å². The SMILES string of the molecule is CCOc1cc(-c2nnc(NC(=O)c3cccc(Cl)c3)o2)cc(OCC)c1OCC. The van der Waals surface area contributed by atoms with Crippen LogP contribution in [0.2, 0.25) is 5.02 Å². The number of aromatic nitrogens is 2. The Hall–Kier alpha value is -3.26. The number of hydrogen-bond donors (Lipinski definition) is 1. The van der Waals surface area contributed by atoms with E-state index >= 15 is 0 Å². The van der Waals surface area contributed by atoms with Gasteiger partial charge in [-0.2, -0.15) is 0 Å². The van der Waals surface area contributed by atoms with E-state index in [2.05, 4.69) is 15.5 Å². The molecule has 1 amide bonds.